The van der Waals surface area contributed by atoms with E-state index in [-0.39, 0.29) is 5.91 Å². The van der Waals surface area contributed by atoms with Crippen LogP contribution in [0.3, 0.4) is 0 Å². The molecule has 108 valence electrons. The number of rotatable bonds is 3. The van der Waals surface area contributed by atoms with Crippen molar-refractivity contribution < 1.29 is 4.79 Å². The first-order chi connectivity index (χ1) is 9.63. The Morgan fingerprint density at radius 2 is 2.30 bits per heavy atom. The van der Waals surface area contributed by atoms with Gasteiger partial charge in [0, 0.05) is 18.3 Å². The second-order valence-electron chi connectivity index (χ2n) is 6.17. The lowest BCUT2D eigenvalue weighted by Crippen LogP contribution is -2.38. The van der Waals surface area contributed by atoms with Crippen molar-refractivity contribution in [1.29, 1.82) is 0 Å². The van der Waals surface area contributed by atoms with Crippen molar-refractivity contribution in [2.45, 2.75) is 19.9 Å². The number of nitrogens with one attached hydrogen (secondary N) is 2. The highest BCUT2D eigenvalue weighted by Gasteiger charge is 2.41. The number of carbonyl (C=O) groups is 1. The van der Waals surface area contributed by atoms with Crippen LogP contribution in [-0.2, 0) is 4.79 Å². The van der Waals surface area contributed by atoms with Crippen molar-refractivity contribution in [2.75, 3.05) is 31.5 Å². The van der Waals surface area contributed by atoms with Crippen LogP contribution < -0.4 is 10.6 Å². The number of fused-ring (bicyclic) bond motifs is 1. The molecule has 2 aliphatic heterocycles. The molecule has 4 heteroatoms. The summed E-state index contributed by atoms with van der Waals surface area (Å²) in [6.07, 6.45) is 0. The van der Waals surface area contributed by atoms with Gasteiger partial charge < -0.3 is 10.6 Å². The summed E-state index contributed by atoms with van der Waals surface area (Å²) in [6.45, 7) is 8.03. The summed E-state index contributed by atoms with van der Waals surface area (Å²) >= 11 is 0. The quantitative estimate of drug-likeness (QED) is 0.876. The van der Waals surface area contributed by atoms with Crippen molar-refractivity contribution in [3.8, 4) is 0 Å². The van der Waals surface area contributed by atoms with Gasteiger partial charge in [-0.3, -0.25) is 9.69 Å². The van der Waals surface area contributed by atoms with Crippen molar-refractivity contribution in [3.05, 3.63) is 29.8 Å². The predicted octanol–water partition coefficient (Wildman–Crippen LogP) is 1.47. The topological polar surface area (TPSA) is 44.4 Å². The highest BCUT2D eigenvalue weighted by Crippen LogP contribution is 2.31. The first-order valence-electron chi connectivity index (χ1n) is 7.45. The average molecular weight is 273 g/mol. The van der Waals surface area contributed by atoms with Gasteiger partial charge in [-0.15, -0.1) is 0 Å². The largest absolute Gasteiger partial charge is 0.325 e. The zero-order chi connectivity index (χ0) is 14.1. The predicted molar refractivity (Wildman–Crippen MR) is 80.7 cm³/mol. The maximum absolute atomic E-state index is 12.2. The van der Waals surface area contributed by atoms with Crippen LogP contribution in [0.15, 0.2) is 24.3 Å². The van der Waals surface area contributed by atoms with E-state index in [0.717, 1.165) is 36.8 Å². The lowest BCUT2D eigenvalue weighted by atomic mass is 9.95. The minimum absolute atomic E-state index is 0.0929. The zero-order valence-corrected chi connectivity index (χ0v) is 12.2. The highest BCUT2D eigenvalue weighted by molar-refractivity contribution is 5.92. The van der Waals surface area contributed by atoms with E-state index in [9.17, 15) is 4.79 Å². The molecule has 2 aliphatic rings. The van der Waals surface area contributed by atoms with Crippen LogP contribution in [0.25, 0.3) is 0 Å². The van der Waals surface area contributed by atoms with Gasteiger partial charge in [-0.1, -0.05) is 12.1 Å². The molecule has 2 fully saturated rings. The molecule has 0 radical (unpaired) electrons. The molecule has 2 heterocycles. The Labute approximate surface area is 120 Å². The number of carbonyl (C=O) groups excluding carboxylic acids is 1. The molecular formula is C16H23N3O. The molecule has 1 aromatic rings. The van der Waals surface area contributed by atoms with E-state index < -0.39 is 0 Å². The normalized spacial score (nSPS) is 29.4. The molecule has 3 atom stereocenters. The van der Waals surface area contributed by atoms with Crippen molar-refractivity contribution in [2.24, 2.45) is 11.8 Å². The summed E-state index contributed by atoms with van der Waals surface area (Å²) in [5.74, 6) is 1.52. The summed E-state index contributed by atoms with van der Waals surface area (Å²) < 4.78 is 0. The van der Waals surface area contributed by atoms with Gasteiger partial charge in [0.05, 0.1) is 6.54 Å². The van der Waals surface area contributed by atoms with E-state index in [1.807, 2.05) is 31.2 Å². The van der Waals surface area contributed by atoms with Crippen LogP contribution in [0, 0.1) is 18.8 Å². The molecular weight excluding hydrogens is 250 g/mol. The summed E-state index contributed by atoms with van der Waals surface area (Å²) in [6, 6.07) is 8.45. The maximum Gasteiger partial charge on any atom is 0.238 e. The third-order valence-electron chi connectivity index (χ3n) is 4.71. The van der Waals surface area contributed by atoms with Crippen LogP contribution in [0.1, 0.15) is 12.5 Å². The van der Waals surface area contributed by atoms with Gasteiger partial charge >= 0.3 is 0 Å². The SMILES string of the molecule is Cc1cccc(NC(=O)CN2CC3CNCC3C2C)c1. The molecule has 3 rings (SSSR count). The standard InChI is InChI=1S/C16H23N3O/c1-11-4-3-5-14(6-11)18-16(20)10-19-9-13-7-17-8-15(13)12(19)2/h3-6,12-13,15,17H,7-10H2,1-2H3,(H,18,20). The molecule has 2 saturated heterocycles. The Kier molecular flexibility index (Phi) is 3.76. The molecule has 2 N–H and O–H groups in total. The monoisotopic (exact) mass is 273 g/mol. The van der Waals surface area contributed by atoms with Crippen LogP contribution in [0.5, 0.6) is 0 Å². The van der Waals surface area contributed by atoms with E-state index in [2.05, 4.69) is 22.5 Å². The number of amides is 1. The highest BCUT2D eigenvalue weighted by atomic mass is 16.2. The number of likely N-dealkylation sites (tertiary alicyclic amines) is 1. The van der Waals surface area contributed by atoms with Crippen molar-refractivity contribution in [1.82, 2.24) is 10.2 Å². The number of aryl methyl sites for hydroxylation is 1. The van der Waals surface area contributed by atoms with Crippen LogP contribution in [-0.4, -0.2) is 43.0 Å². The van der Waals surface area contributed by atoms with E-state index in [4.69, 9.17) is 0 Å². The Balaban J connectivity index is 1.57. The Morgan fingerprint density at radius 3 is 3.05 bits per heavy atom. The minimum atomic E-state index is 0.0929. The summed E-state index contributed by atoms with van der Waals surface area (Å²) in [5.41, 5.74) is 2.06. The fourth-order valence-electron chi connectivity index (χ4n) is 3.57. The maximum atomic E-state index is 12.2. The van der Waals surface area contributed by atoms with Crippen LogP contribution in [0.4, 0.5) is 5.69 Å². The number of benzene rings is 1. The van der Waals surface area contributed by atoms with Crippen LogP contribution >= 0.6 is 0 Å². The fraction of sp³-hybridized carbons (Fsp3) is 0.562. The van der Waals surface area contributed by atoms with Gasteiger partial charge in [0.25, 0.3) is 0 Å². The third kappa shape index (κ3) is 2.72. The molecule has 3 unspecified atom stereocenters. The van der Waals surface area contributed by atoms with Gasteiger partial charge in [-0.05, 0) is 56.5 Å². The second-order valence-corrected chi connectivity index (χ2v) is 6.17. The smallest absolute Gasteiger partial charge is 0.238 e. The molecule has 1 aromatic carbocycles. The van der Waals surface area contributed by atoms with Gasteiger partial charge in [0.15, 0.2) is 0 Å². The molecule has 0 saturated carbocycles. The van der Waals surface area contributed by atoms with E-state index in [1.165, 1.54) is 0 Å². The van der Waals surface area contributed by atoms with Gasteiger partial charge in [0.1, 0.15) is 0 Å². The number of nitrogens with zero attached hydrogens (tertiary/aromatic N) is 1. The minimum Gasteiger partial charge on any atom is -0.325 e. The van der Waals surface area contributed by atoms with E-state index in [0.29, 0.717) is 18.5 Å². The third-order valence-corrected chi connectivity index (χ3v) is 4.71. The van der Waals surface area contributed by atoms with Gasteiger partial charge in [0.2, 0.25) is 5.91 Å². The number of hydrogen-bond acceptors (Lipinski definition) is 3. The number of anilines is 1. The first kappa shape index (κ1) is 13.6. The van der Waals surface area contributed by atoms with Gasteiger partial charge in [-0.2, -0.15) is 0 Å². The van der Waals surface area contributed by atoms with Crippen molar-refractivity contribution in [3.63, 3.8) is 0 Å². The molecule has 0 aliphatic carbocycles. The molecule has 0 aromatic heterocycles. The Hall–Kier alpha value is -1.39. The summed E-state index contributed by atoms with van der Waals surface area (Å²) in [4.78, 5) is 14.5. The molecule has 1 amide bonds. The Bertz CT molecular complexity index is 502. The zero-order valence-electron chi connectivity index (χ0n) is 12.2. The fourth-order valence-corrected chi connectivity index (χ4v) is 3.57. The lowest BCUT2D eigenvalue weighted by molar-refractivity contribution is -0.117. The summed E-state index contributed by atoms with van der Waals surface area (Å²) in [7, 11) is 0. The molecule has 20 heavy (non-hydrogen) atoms. The van der Waals surface area contributed by atoms with E-state index >= 15 is 0 Å². The molecule has 0 bridgehead atoms. The van der Waals surface area contributed by atoms with Gasteiger partial charge in [-0.25, -0.2) is 0 Å². The average Bonchev–Trinajstić information content (AvgIpc) is 2.94. The van der Waals surface area contributed by atoms with E-state index in [1.54, 1.807) is 0 Å². The Morgan fingerprint density at radius 1 is 1.45 bits per heavy atom. The number of hydrogen-bond donors (Lipinski definition) is 2. The summed E-state index contributed by atoms with van der Waals surface area (Å²) in [5, 5.41) is 6.45. The van der Waals surface area contributed by atoms with Crippen molar-refractivity contribution >= 4 is 11.6 Å². The molecule has 0 spiro atoms. The second kappa shape index (κ2) is 5.54. The van der Waals surface area contributed by atoms with Crippen LogP contribution in [0.2, 0.25) is 0 Å². The first-order valence-corrected chi connectivity index (χ1v) is 7.45. The lowest BCUT2D eigenvalue weighted by Gasteiger charge is -2.23. The molecule has 4 nitrogen and oxygen atoms in total.